The Morgan fingerprint density at radius 3 is 2.81 bits per heavy atom. The number of carbonyl (C=O) groups is 1. The summed E-state index contributed by atoms with van der Waals surface area (Å²) in [4.78, 5) is 22.9. The molecule has 1 atom stereocenters. The van der Waals surface area contributed by atoms with Crippen molar-refractivity contribution in [3.8, 4) is 11.5 Å². The lowest BCUT2D eigenvalue weighted by Gasteiger charge is -2.33. The van der Waals surface area contributed by atoms with Crippen LogP contribution in [-0.2, 0) is 11.3 Å². The van der Waals surface area contributed by atoms with Crippen LogP contribution in [0.1, 0.15) is 26.9 Å². The molecule has 0 spiro atoms. The van der Waals surface area contributed by atoms with Crippen molar-refractivity contribution in [2.24, 2.45) is 0 Å². The van der Waals surface area contributed by atoms with Crippen molar-refractivity contribution in [1.29, 1.82) is 0 Å². The number of nitrogens with zero attached hydrogens (tertiary/aromatic N) is 3. The van der Waals surface area contributed by atoms with Crippen LogP contribution < -0.4 is 9.47 Å². The van der Waals surface area contributed by atoms with Crippen LogP contribution in [-0.4, -0.2) is 68.7 Å². The average molecular weight is 442 g/mol. The van der Waals surface area contributed by atoms with Crippen LogP contribution >= 0.6 is 11.3 Å². The lowest BCUT2D eigenvalue weighted by molar-refractivity contribution is -0.0324. The standard InChI is InChI=1S/C23H27N3O4S/c1-25(2)23(27)21-20(16-6-5-9-24-22(16)31-21)19-14-26(10-11-30-19)13-15-7-8-17(28-3)18(12-15)29-4/h5-9,12,19H,10-11,13-14H2,1-4H3/t19-/m0/s1. The Kier molecular flexibility index (Phi) is 6.41. The summed E-state index contributed by atoms with van der Waals surface area (Å²) in [7, 11) is 6.83. The molecule has 1 aromatic carbocycles. The SMILES string of the molecule is COc1ccc(CN2CCO[C@H](c3c(C(=O)N(C)C)sc4ncccc34)C2)cc1OC. The highest BCUT2D eigenvalue weighted by Crippen LogP contribution is 2.38. The van der Waals surface area contributed by atoms with E-state index in [0.29, 0.717) is 18.0 Å². The van der Waals surface area contributed by atoms with Gasteiger partial charge in [-0.2, -0.15) is 0 Å². The molecule has 4 rings (SSSR count). The van der Waals surface area contributed by atoms with Crippen molar-refractivity contribution >= 4 is 27.5 Å². The van der Waals surface area contributed by atoms with Crippen molar-refractivity contribution < 1.29 is 19.0 Å². The third-order valence-electron chi connectivity index (χ3n) is 5.43. The van der Waals surface area contributed by atoms with Crippen LogP contribution in [0.15, 0.2) is 36.5 Å². The third kappa shape index (κ3) is 4.37. The summed E-state index contributed by atoms with van der Waals surface area (Å²) in [5, 5.41) is 0.996. The number of carbonyl (C=O) groups excluding carboxylic acids is 1. The van der Waals surface area contributed by atoms with E-state index in [4.69, 9.17) is 14.2 Å². The van der Waals surface area contributed by atoms with Gasteiger partial charge in [-0.25, -0.2) is 4.98 Å². The second-order valence-electron chi connectivity index (χ2n) is 7.68. The predicted octanol–water partition coefficient (Wildman–Crippen LogP) is 3.59. The number of thiophene rings is 1. The Labute approximate surface area is 186 Å². The van der Waals surface area contributed by atoms with Gasteiger partial charge >= 0.3 is 0 Å². The summed E-state index contributed by atoms with van der Waals surface area (Å²) in [6, 6.07) is 9.92. The number of aromatic nitrogens is 1. The molecule has 1 fully saturated rings. The van der Waals surface area contributed by atoms with E-state index in [2.05, 4.69) is 16.0 Å². The smallest absolute Gasteiger partial charge is 0.263 e. The molecule has 164 valence electrons. The molecule has 1 amide bonds. The molecule has 3 heterocycles. The van der Waals surface area contributed by atoms with Gasteiger partial charge in [-0.15, -0.1) is 11.3 Å². The Bertz CT molecular complexity index is 1080. The predicted molar refractivity (Wildman–Crippen MR) is 121 cm³/mol. The first-order valence-electron chi connectivity index (χ1n) is 10.2. The van der Waals surface area contributed by atoms with Crippen molar-refractivity contribution in [3.63, 3.8) is 0 Å². The molecular formula is C23H27N3O4S. The fraction of sp³-hybridized carbons (Fsp3) is 0.391. The van der Waals surface area contributed by atoms with Crippen LogP contribution in [0, 0.1) is 0 Å². The number of hydrogen-bond donors (Lipinski definition) is 0. The second-order valence-corrected chi connectivity index (χ2v) is 8.68. The van der Waals surface area contributed by atoms with Gasteiger partial charge in [-0.3, -0.25) is 9.69 Å². The van der Waals surface area contributed by atoms with Gasteiger partial charge in [0.15, 0.2) is 11.5 Å². The Hall–Kier alpha value is -2.68. The molecule has 0 saturated carbocycles. The van der Waals surface area contributed by atoms with E-state index in [1.54, 1.807) is 39.4 Å². The summed E-state index contributed by atoms with van der Waals surface area (Å²) in [5.74, 6) is 1.42. The number of ether oxygens (including phenoxy) is 3. The molecular weight excluding hydrogens is 414 g/mol. The number of rotatable bonds is 6. The minimum atomic E-state index is -0.189. The highest BCUT2D eigenvalue weighted by atomic mass is 32.1. The number of morpholine rings is 1. The Morgan fingerprint density at radius 2 is 2.06 bits per heavy atom. The molecule has 1 aliphatic rings. The molecule has 1 aliphatic heterocycles. The monoisotopic (exact) mass is 441 g/mol. The number of benzene rings is 1. The van der Waals surface area contributed by atoms with E-state index in [1.807, 2.05) is 24.3 Å². The fourth-order valence-corrected chi connectivity index (χ4v) is 5.11. The first-order valence-corrected chi connectivity index (χ1v) is 11.0. The van der Waals surface area contributed by atoms with Crippen molar-refractivity contribution in [2.75, 3.05) is 48.0 Å². The van der Waals surface area contributed by atoms with Crippen LogP contribution in [0.5, 0.6) is 11.5 Å². The maximum absolute atomic E-state index is 12.9. The second kappa shape index (κ2) is 9.21. The number of fused-ring (bicyclic) bond motifs is 1. The zero-order chi connectivity index (χ0) is 22.0. The lowest BCUT2D eigenvalue weighted by atomic mass is 10.0. The maximum atomic E-state index is 12.9. The van der Waals surface area contributed by atoms with Crippen molar-refractivity contribution in [1.82, 2.24) is 14.8 Å². The normalized spacial score (nSPS) is 17.0. The lowest BCUT2D eigenvalue weighted by Crippen LogP contribution is -2.38. The fourth-order valence-electron chi connectivity index (χ4n) is 3.89. The van der Waals surface area contributed by atoms with Gasteiger partial charge < -0.3 is 19.1 Å². The summed E-state index contributed by atoms with van der Waals surface area (Å²) in [5.41, 5.74) is 2.09. The Morgan fingerprint density at radius 1 is 1.26 bits per heavy atom. The van der Waals surface area contributed by atoms with Gasteiger partial charge in [0.1, 0.15) is 9.71 Å². The Balaban J connectivity index is 1.61. The molecule has 0 aliphatic carbocycles. The van der Waals surface area contributed by atoms with E-state index < -0.39 is 0 Å². The first kappa shape index (κ1) is 21.5. The van der Waals surface area contributed by atoms with E-state index in [1.165, 1.54) is 11.3 Å². The quantitative estimate of drug-likeness (QED) is 0.583. The van der Waals surface area contributed by atoms with E-state index in [-0.39, 0.29) is 12.0 Å². The van der Waals surface area contributed by atoms with Crippen LogP contribution in [0.4, 0.5) is 0 Å². The van der Waals surface area contributed by atoms with E-state index >= 15 is 0 Å². The molecule has 1 saturated heterocycles. The minimum Gasteiger partial charge on any atom is -0.493 e. The van der Waals surface area contributed by atoms with E-state index in [0.717, 1.165) is 45.9 Å². The zero-order valence-electron chi connectivity index (χ0n) is 18.3. The zero-order valence-corrected chi connectivity index (χ0v) is 19.1. The molecule has 31 heavy (non-hydrogen) atoms. The number of pyridine rings is 1. The summed E-state index contributed by atoms with van der Waals surface area (Å²) in [6.07, 6.45) is 1.57. The maximum Gasteiger partial charge on any atom is 0.263 e. The minimum absolute atomic E-state index is 0.0152. The van der Waals surface area contributed by atoms with Gasteiger partial charge in [-0.1, -0.05) is 12.1 Å². The van der Waals surface area contributed by atoms with Gasteiger partial charge in [0, 0.05) is 50.9 Å². The number of amides is 1. The average Bonchev–Trinajstić information content (AvgIpc) is 3.18. The molecule has 2 aromatic heterocycles. The van der Waals surface area contributed by atoms with Crippen molar-refractivity contribution in [3.05, 3.63) is 52.5 Å². The third-order valence-corrected chi connectivity index (χ3v) is 6.55. The van der Waals surface area contributed by atoms with Gasteiger partial charge in [0.05, 0.1) is 26.9 Å². The molecule has 0 N–H and O–H groups in total. The topological polar surface area (TPSA) is 64.1 Å². The van der Waals surface area contributed by atoms with Crippen LogP contribution in [0.3, 0.4) is 0 Å². The summed E-state index contributed by atoms with van der Waals surface area (Å²) in [6.45, 7) is 2.88. The number of hydrogen-bond acceptors (Lipinski definition) is 7. The molecule has 0 bridgehead atoms. The highest BCUT2D eigenvalue weighted by Gasteiger charge is 2.30. The molecule has 0 radical (unpaired) electrons. The largest absolute Gasteiger partial charge is 0.493 e. The van der Waals surface area contributed by atoms with Gasteiger partial charge in [0.25, 0.3) is 5.91 Å². The van der Waals surface area contributed by atoms with Crippen molar-refractivity contribution in [2.45, 2.75) is 12.6 Å². The molecule has 3 aromatic rings. The molecule has 7 nitrogen and oxygen atoms in total. The summed E-state index contributed by atoms with van der Waals surface area (Å²) >= 11 is 1.44. The van der Waals surface area contributed by atoms with Crippen LogP contribution in [0.2, 0.25) is 0 Å². The van der Waals surface area contributed by atoms with Gasteiger partial charge in [0.2, 0.25) is 0 Å². The van der Waals surface area contributed by atoms with E-state index in [9.17, 15) is 4.79 Å². The first-order chi connectivity index (χ1) is 15.0. The van der Waals surface area contributed by atoms with Crippen LogP contribution in [0.25, 0.3) is 10.2 Å². The summed E-state index contributed by atoms with van der Waals surface area (Å²) < 4.78 is 17.0. The molecule has 8 heteroatoms. The molecule has 0 unspecified atom stereocenters. The number of methoxy groups -OCH3 is 2. The van der Waals surface area contributed by atoms with Gasteiger partial charge in [-0.05, 0) is 23.8 Å². The highest BCUT2D eigenvalue weighted by molar-refractivity contribution is 7.20.